The fourth-order valence-corrected chi connectivity index (χ4v) is 3.35. The molecule has 21 heavy (non-hydrogen) atoms. The van der Waals surface area contributed by atoms with Crippen LogP contribution in [0.15, 0.2) is 45.0 Å². The van der Waals surface area contributed by atoms with Crippen molar-refractivity contribution in [1.82, 2.24) is 9.55 Å². The van der Waals surface area contributed by atoms with Gasteiger partial charge in [-0.15, -0.1) is 0 Å². The summed E-state index contributed by atoms with van der Waals surface area (Å²) in [4.78, 5) is 15.9. The Morgan fingerprint density at radius 2 is 2.00 bits per heavy atom. The van der Waals surface area contributed by atoms with Crippen LogP contribution < -0.4 is 5.56 Å². The van der Waals surface area contributed by atoms with E-state index in [0.29, 0.717) is 24.5 Å². The largest absolute Gasteiger partial charge is 0.361 e. The zero-order valence-electron chi connectivity index (χ0n) is 12.1. The van der Waals surface area contributed by atoms with Crippen molar-refractivity contribution in [2.24, 2.45) is 0 Å². The summed E-state index contributed by atoms with van der Waals surface area (Å²) in [5, 5.41) is 0.853. The van der Waals surface area contributed by atoms with E-state index < -0.39 is 0 Å². The number of ether oxygens (including phenoxy) is 1. The first-order chi connectivity index (χ1) is 10.2. The molecular weight excluding hydrogens is 304 g/mol. The summed E-state index contributed by atoms with van der Waals surface area (Å²) < 4.78 is 7.72. The van der Waals surface area contributed by atoms with E-state index in [1.165, 1.54) is 0 Å². The molecule has 112 valence electrons. The van der Waals surface area contributed by atoms with E-state index in [2.05, 4.69) is 4.98 Å². The number of nitrogens with zero attached hydrogens (tertiary/aromatic N) is 1. The second-order valence-corrected chi connectivity index (χ2v) is 5.81. The highest BCUT2D eigenvalue weighted by molar-refractivity contribution is 7.99. The van der Waals surface area contributed by atoms with Gasteiger partial charge < -0.3 is 4.74 Å². The van der Waals surface area contributed by atoms with Crippen LogP contribution in [0.25, 0.3) is 0 Å². The van der Waals surface area contributed by atoms with Crippen LogP contribution in [-0.4, -0.2) is 16.2 Å². The number of H-pyrrole nitrogens is 1. The minimum absolute atomic E-state index is 0.117. The lowest BCUT2D eigenvalue weighted by atomic mass is 10.2. The molecule has 1 aromatic carbocycles. The number of rotatable bonds is 6. The predicted molar refractivity (Wildman–Crippen MR) is 87.5 cm³/mol. The highest BCUT2D eigenvalue weighted by Gasteiger charge is 2.13. The maximum atomic E-state index is 12.1. The Morgan fingerprint density at radius 1 is 1.29 bits per heavy atom. The zero-order chi connectivity index (χ0) is 15.2. The molecule has 1 aromatic heterocycles. The third-order valence-electron chi connectivity index (χ3n) is 2.98. The average molecular weight is 322 g/mol. The molecule has 1 heterocycles. The SMILES string of the molecule is CCOCn1c(Sc2ccccc2)c(CC)c(=O)[nH]c1=S. The van der Waals surface area contributed by atoms with Crippen LogP contribution in [-0.2, 0) is 17.9 Å². The maximum Gasteiger partial charge on any atom is 0.255 e. The molecule has 6 heteroatoms. The van der Waals surface area contributed by atoms with Gasteiger partial charge in [0, 0.05) is 17.1 Å². The monoisotopic (exact) mass is 322 g/mol. The van der Waals surface area contributed by atoms with E-state index in [4.69, 9.17) is 17.0 Å². The van der Waals surface area contributed by atoms with E-state index in [1.807, 2.05) is 48.7 Å². The Morgan fingerprint density at radius 3 is 2.62 bits per heavy atom. The summed E-state index contributed by atoms with van der Waals surface area (Å²) in [6, 6.07) is 9.94. The lowest BCUT2D eigenvalue weighted by Crippen LogP contribution is -2.21. The van der Waals surface area contributed by atoms with Gasteiger partial charge in [-0.2, -0.15) is 0 Å². The van der Waals surface area contributed by atoms with Gasteiger partial charge in [-0.05, 0) is 37.7 Å². The van der Waals surface area contributed by atoms with E-state index in [9.17, 15) is 4.79 Å². The van der Waals surface area contributed by atoms with Crippen LogP contribution in [0.5, 0.6) is 0 Å². The van der Waals surface area contributed by atoms with Gasteiger partial charge in [-0.25, -0.2) is 0 Å². The topological polar surface area (TPSA) is 47.0 Å². The molecule has 0 aliphatic heterocycles. The van der Waals surface area contributed by atoms with Gasteiger partial charge in [0.05, 0.1) is 5.03 Å². The van der Waals surface area contributed by atoms with Crippen molar-refractivity contribution in [2.75, 3.05) is 6.61 Å². The number of nitrogens with one attached hydrogen (secondary N) is 1. The van der Waals surface area contributed by atoms with Crippen molar-refractivity contribution < 1.29 is 4.74 Å². The minimum atomic E-state index is -0.117. The highest BCUT2D eigenvalue weighted by Crippen LogP contribution is 2.29. The van der Waals surface area contributed by atoms with E-state index in [-0.39, 0.29) is 5.56 Å². The summed E-state index contributed by atoms with van der Waals surface area (Å²) in [5.74, 6) is 0. The molecule has 0 spiro atoms. The average Bonchev–Trinajstić information content (AvgIpc) is 2.48. The second kappa shape index (κ2) is 7.59. The molecule has 0 aliphatic rings. The Hall–Kier alpha value is -1.37. The van der Waals surface area contributed by atoms with Gasteiger partial charge in [0.1, 0.15) is 6.73 Å². The van der Waals surface area contributed by atoms with Gasteiger partial charge in [-0.3, -0.25) is 14.3 Å². The highest BCUT2D eigenvalue weighted by atomic mass is 32.2. The number of aromatic nitrogens is 2. The molecule has 0 saturated heterocycles. The third kappa shape index (κ3) is 3.84. The molecule has 0 fully saturated rings. The molecule has 2 rings (SSSR count). The number of hydrogen-bond acceptors (Lipinski definition) is 4. The van der Waals surface area contributed by atoms with Crippen molar-refractivity contribution in [3.8, 4) is 0 Å². The lowest BCUT2D eigenvalue weighted by Gasteiger charge is -2.16. The quantitative estimate of drug-likeness (QED) is 0.652. The van der Waals surface area contributed by atoms with Gasteiger partial charge in [0.15, 0.2) is 4.77 Å². The standard InChI is InChI=1S/C15H18N2O2S2/c1-3-12-13(18)16-15(20)17(10-19-4-2)14(12)21-11-8-6-5-7-9-11/h5-9H,3-4,10H2,1-2H3,(H,16,18,20). The first-order valence-corrected chi connectivity index (χ1v) is 8.06. The van der Waals surface area contributed by atoms with Crippen LogP contribution >= 0.6 is 24.0 Å². The van der Waals surface area contributed by atoms with Gasteiger partial charge in [0.2, 0.25) is 0 Å². The molecule has 0 radical (unpaired) electrons. The normalized spacial score (nSPS) is 10.8. The molecule has 1 N–H and O–H groups in total. The van der Waals surface area contributed by atoms with Crippen molar-refractivity contribution in [3.63, 3.8) is 0 Å². The predicted octanol–water partition coefficient (Wildman–Crippen LogP) is 3.61. The van der Waals surface area contributed by atoms with Gasteiger partial charge in [-0.1, -0.05) is 36.9 Å². The van der Waals surface area contributed by atoms with Gasteiger partial charge in [0.25, 0.3) is 5.56 Å². The smallest absolute Gasteiger partial charge is 0.255 e. The molecule has 0 amide bonds. The first kappa shape index (κ1) is 16.0. The third-order valence-corrected chi connectivity index (χ3v) is 4.47. The maximum absolute atomic E-state index is 12.1. The Bertz CT molecular complexity index is 708. The zero-order valence-corrected chi connectivity index (χ0v) is 13.7. The second-order valence-electron chi connectivity index (χ2n) is 4.36. The molecule has 0 bridgehead atoms. The number of hydrogen-bond donors (Lipinski definition) is 1. The molecule has 0 atom stereocenters. The fraction of sp³-hybridized carbons (Fsp3) is 0.333. The lowest BCUT2D eigenvalue weighted by molar-refractivity contribution is 0.0794. The minimum Gasteiger partial charge on any atom is -0.361 e. The van der Waals surface area contributed by atoms with Crippen LogP contribution in [0.1, 0.15) is 19.4 Å². The molecule has 2 aromatic rings. The summed E-state index contributed by atoms with van der Waals surface area (Å²) in [5.41, 5.74) is 0.617. The number of aromatic amines is 1. The molecule has 0 aliphatic carbocycles. The Kier molecular flexibility index (Phi) is 5.78. The van der Waals surface area contributed by atoms with Crippen LogP contribution in [0.2, 0.25) is 0 Å². The first-order valence-electron chi connectivity index (χ1n) is 6.84. The molecule has 4 nitrogen and oxygen atoms in total. The summed E-state index contributed by atoms with van der Waals surface area (Å²) in [6.45, 7) is 4.83. The molecule has 0 saturated carbocycles. The van der Waals surface area contributed by atoms with Crippen LogP contribution in [0.3, 0.4) is 0 Å². The van der Waals surface area contributed by atoms with Crippen molar-refractivity contribution >= 4 is 24.0 Å². The van der Waals surface area contributed by atoms with Crippen molar-refractivity contribution in [1.29, 1.82) is 0 Å². The summed E-state index contributed by atoms with van der Waals surface area (Å²) in [7, 11) is 0. The van der Waals surface area contributed by atoms with Crippen LogP contribution in [0, 0.1) is 4.77 Å². The molecular formula is C15H18N2O2S2. The van der Waals surface area contributed by atoms with Crippen molar-refractivity contribution in [2.45, 2.75) is 36.9 Å². The molecule has 0 unspecified atom stereocenters. The Balaban J connectivity index is 2.53. The van der Waals surface area contributed by atoms with Gasteiger partial charge >= 0.3 is 0 Å². The number of benzene rings is 1. The van der Waals surface area contributed by atoms with E-state index >= 15 is 0 Å². The summed E-state index contributed by atoms with van der Waals surface area (Å²) >= 11 is 6.82. The fourth-order valence-electron chi connectivity index (χ4n) is 1.92. The van der Waals surface area contributed by atoms with E-state index in [0.717, 1.165) is 15.5 Å². The van der Waals surface area contributed by atoms with Crippen molar-refractivity contribution in [3.05, 3.63) is 51.0 Å². The van der Waals surface area contributed by atoms with Crippen LogP contribution in [0.4, 0.5) is 0 Å². The summed E-state index contributed by atoms with van der Waals surface area (Å²) in [6.07, 6.45) is 0.645. The van der Waals surface area contributed by atoms with E-state index in [1.54, 1.807) is 11.8 Å². The Labute approximate surface area is 133 Å².